The number of benzene rings is 3. The highest BCUT2D eigenvalue weighted by Crippen LogP contribution is 2.31. The minimum Gasteiger partial charge on any atom is -0.487 e. The number of anilines is 2. The molecule has 43 heavy (non-hydrogen) atoms. The number of likely N-dealkylation sites (tertiary alicyclic amines) is 1. The van der Waals surface area contributed by atoms with E-state index in [9.17, 15) is 4.39 Å². The van der Waals surface area contributed by atoms with Crippen LogP contribution in [0.25, 0.3) is 16.6 Å². The SMILES string of the molecule is CCCN1CCC(NCc2cn(-c3ccc4ncnc(Nc5ccc(OCc6cccc(F)c6)c(Cl)c5)c4c3)nn2)CC1. The van der Waals surface area contributed by atoms with Gasteiger partial charge < -0.3 is 20.3 Å². The minimum atomic E-state index is -0.304. The average Bonchev–Trinajstić information content (AvgIpc) is 3.50. The van der Waals surface area contributed by atoms with Crippen LogP contribution in [-0.4, -0.2) is 55.5 Å². The van der Waals surface area contributed by atoms with Crippen molar-refractivity contribution in [3.05, 3.63) is 95.3 Å². The van der Waals surface area contributed by atoms with Gasteiger partial charge in [-0.15, -0.1) is 5.10 Å². The number of rotatable bonds is 11. The first-order valence-electron chi connectivity index (χ1n) is 14.6. The molecule has 0 spiro atoms. The third-order valence-corrected chi connectivity index (χ3v) is 7.90. The molecular formula is C32H34ClFN8O. The summed E-state index contributed by atoms with van der Waals surface area (Å²) in [6, 6.07) is 18.1. The molecule has 1 aliphatic heterocycles. The maximum Gasteiger partial charge on any atom is 0.141 e. The fraction of sp³-hybridized carbons (Fsp3) is 0.312. The fourth-order valence-electron chi connectivity index (χ4n) is 5.34. The lowest BCUT2D eigenvalue weighted by Crippen LogP contribution is -2.42. The summed E-state index contributed by atoms with van der Waals surface area (Å²) in [4.78, 5) is 11.5. The molecule has 0 unspecified atom stereocenters. The number of hydrogen-bond donors (Lipinski definition) is 2. The number of aromatic nitrogens is 5. The van der Waals surface area contributed by atoms with Crippen LogP contribution in [0.4, 0.5) is 15.9 Å². The Morgan fingerprint density at radius 2 is 1.93 bits per heavy atom. The van der Waals surface area contributed by atoms with Gasteiger partial charge in [0, 0.05) is 23.7 Å². The van der Waals surface area contributed by atoms with Crippen LogP contribution in [0.3, 0.4) is 0 Å². The van der Waals surface area contributed by atoms with Gasteiger partial charge in [-0.3, -0.25) is 0 Å². The molecule has 0 saturated carbocycles. The molecule has 2 N–H and O–H groups in total. The standard InChI is InChI=1S/C32H34ClFN8O/c1-2-12-41-13-10-24(11-14-41)35-18-26-19-42(40-39-26)27-7-8-30-28(17-27)32(37-21-36-30)38-25-6-9-31(29(33)16-25)43-20-22-4-3-5-23(34)15-22/h3-9,15-17,19,21,24,35H,2,10-14,18,20H2,1H3,(H,36,37,38). The van der Waals surface area contributed by atoms with E-state index in [1.165, 1.54) is 31.4 Å². The normalized spacial score (nSPS) is 14.3. The summed E-state index contributed by atoms with van der Waals surface area (Å²) in [7, 11) is 0. The first-order chi connectivity index (χ1) is 21.0. The van der Waals surface area contributed by atoms with Crippen LogP contribution in [0.15, 0.2) is 73.2 Å². The van der Waals surface area contributed by atoms with Crippen molar-refractivity contribution in [2.24, 2.45) is 0 Å². The van der Waals surface area contributed by atoms with Crippen LogP contribution in [0.5, 0.6) is 5.75 Å². The monoisotopic (exact) mass is 600 g/mol. The zero-order chi connectivity index (χ0) is 29.6. The Morgan fingerprint density at radius 3 is 2.74 bits per heavy atom. The molecule has 0 amide bonds. The molecule has 0 radical (unpaired) electrons. The summed E-state index contributed by atoms with van der Waals surface area (Å²) in [5.74, 6) is 0.833. The molecule has 9 nitrogen and oxygen atoms in total. The van der Waals surface area contributed by atoms with E-state index < -0.39 is 0 Å². The van der Waals surface area contributed by atoms with Crippen LogP contribution >= 0.6 is 11.6 Å². The minimum absolute atomic E-state index is 0.210. The Bertz CT molecular complexity index is 1690. The molecule has 3 heterocycles. The Balaban J connectivity index is 1.12. The number of halogens is 2. The molecule has 222 valence electrons. The topological polar surface area (TPSA) is 93.0 Å². The number of piperidine rings is 1. The van der Waals surface area contributed by atoms with Crippen LogP contribution in [0, 0.1) is 5.82 Å². The number of nitrogens with zero attached hydrogens (tertiary/aromatic N) is 6. The summed E-state index contributed by atoms with van der Waals surface area (Å²) < 4.78 is 21.1. The molecule has 0 aliphatic carbocycles. The molecule has 2 aromatic heterocycles. The summed E-state index contributed by atoms with van der Waals surface area (Å²) in [6.07, 6.45) is 7.00. The van der Waals surface area contributed by atoms with E-state index in [2.05, 4.69) is 42.7 Å². The second-order valence-electron chi connectivity index (χ2n) is 10.8. The summed E-state index contributed by atoms with van der Waals surface area (Å²) >= 11 is 6.52. The molecule has 1 aliphatic rings. The van der Waals surface area contributed by atoms with Gasteiger partial charge in [0.05, 0.1) is 28.1 Å². The van der Waals surface area contributed by atoms with Gasteiger partial charge in [-0.05, 0) is 93.0 Å². The van der Waals surface area contributed by atoms with Gasteiger partial charge in [0.1, 0.15) is 30.3 Å². The average molecular weight is 601 g/mol. The molecule has 11 heteroatoms. The van der Waals surface area contributed by atoms with Gasteiger partial charge in [0.25, 0.3) is 0 Å². The van der Waals surface area contributed by atoms with E-state index in [4.69, 9.17) is 16.3 Å². The molecule has 3 aromatic carbocycles. The molecule has 5 aromatic rings. The fourth-order valence-corrected chi connectivity index (χ4v) is 5.57. The number of nitrogens with one attached hydrogen (secondary N) is 2. The quantitative estimate of drug-likeness (QED) is 0.183. The highest BCUT2D eigenvalue weighted by atomic mass is 35.5. The van der Waals surface area contributed by atoms with E-state index in [0.29, 0.717) is 29.2 Å². The van der Waals surface area contributed by atoms with Gasteiger partial charge >= 0.3 is 0 Å². The maximum absolute atomic E-state index is 13.5. The lowest BCUT2D eigenvalue weighted by molar-refractivity contribution is 0.197. The third kappa shape index (κ3) is 7.27. The lowest BCUT2D eigenvalue weighted by atomic mass is 10.0. The van der Waals surface area contributed by atoms with Crippen molar-refractivity contribution in [1.29, 1.82) is 0 Å². The van der Waals surface area contributed by atoms with Gasteiger partial charge in [-0.25, -0.2) is 19.0 Å². The van der Waals surface area contributed by atoms with Gasteiger partial charge in [-0.2, -0.15) is 0 Å². The number of ether oxygens (including phenoxy) is 1. The highest BCUT2D eigenvalue weighted by molar-refractivity contribution is 6.32. The first-order valence-corrected chi connectivity index (χ1v) is 15.0. The Hall–Kier alpha value is -4.12. The van der Waals surface area contributed by atoms with Crippen molar-refractivity contribution in [3.8, 4) is 11.4 Å². The Labute approximate surface area is 255 Å². The van der Waals surface area contributed by atoms with Crippen molar-refractivity contribution in [1.82, 2.24) is 35.2 Å². The zero-order valence-electron chi connectivity index (χ0n) is 24.0. The Morgan fingerprint density at radius 1 is 1.05 bits per heavy atom. The van der Waals surface area contributed by atoms with Crippen molar-refractivity contribution < 1.29 is 9.13 Å². The predicted octanol–water partition coefficient (Wildman–Crippen LogP) is 6.29. The van der Waals surface area contributed by atoms with Crippen LogP contribution in [0.2, 0.25) is 5.02 Å². The van der Waals surface area contributed by atoms with Gasteiger partial charge in [0.2, 0.25) is 0 Å². The van der Waals surface area contributed by atoms with E-state index >= 15 is 0 Å². The maximum atomic E-state index is 13.5. The van der Waals surface area contributed by atoms with E-state index in [-0.39, 0.29) is 12.4 Å². The summed E-state index contributed by atoms with van der Waals surface area (Å²) in [6.45, 7) is 6.61. The van der Waals surface area contributed by atoms with Crippen molar-refractivity contribution >= 4 is 34.0 Å². The molecule has 6 rings (SSSR count). The highest BCUT2D eigenvalue weighted by Gasteiger charge is 2.18. The summed E-state index contributed by atoms with van der Waals surface area (Å²) in [5, 5.41) is 17.0. The second kappa shape index (κ2) is 13.5. The smallest absolute Gasteiger partial charge is 0.141 e. The molecule has 1 fully saturated rings. The third-order valence-electron chi connectivity index (χ3n) is 7.60. The molecular weight excluding hydrogens is 567 g/mol. The van der Waals surface area contributed by atoms with Crippen LogP contribution in [-0.2, 0) is 13.2 Å². The van der Waals surface area contributed by atoms with E-state index in [1.807, 2.05) is 30.5 Å². The molecule has 1 saturated heterocycles. The predicted molar refractivity (Wildman–Crippen MR) is 167 cm³/mol. The lowest BCUT2D eigenvalue weighted by Gasteiger charge is -2.32. The number of fused-ring (bicyclic) bond motifs is 1. The first kappa shape index (κ1) is 29.0. The van der Waals surface area contributed by atoms with E-state index in [1.54, 1.807) is 28.9 Å². The van der Waals surface area contributed by atoms with Crippen molar-refractivity contribution in [3.63, 3.8) is 0 Å². The van der Waals surface area contributed by atoms with E-state index in [0.717, 1.165) is 59.5 Å². The van der Waals surface area contributed by atoms with Crippen LogP contribution in [0.1, 0.15) is 37.4 Å². The van der Waals surface area contributed by atoms with Crippen molar-refractivity contribution in [2.45, 2.75) is 45.4 Å². The molecule has 0 bridgehead atoms. The summed E-state index contributed by atoms with van der Waals surface area (Å²) in [5.41, 5.74) is 4.01. The zero-order valence-corrected chi connectivity index (χ0v) is 24.8. The Kier molecular flexibility index (Phi) is 9.07. The second-order valence-corrected chi connectivity index (χ2v) is 11.2. The van der Waals surface area contributed by atoms with Crippen molar-refractivity contribution in [2.75, 3.05) is 25.0 Å². The van der Waals surface area contributed by atoms with Crippen LogP contribution < -0.4 is 15.4 Å². The number of hydrogen-bond acceptors (Lipinski definition) is 8. The largest absolute Gasteiger partial charge is 0.487 e. The molecule has 0 atom stereocenters. The van der Waals surface area contributed by atoms with Gasteiger partial charge in [-0.1, -0.05) is 35.9 Å². The van der Waals surface area contributed by atoms with Gasteiger partial charge in [0.15, 0.2) is 0 Å².